The average Bonchev–Trinajstić information content (AvgIpc) is 2.38. The molecule has 0 bridgehead atoms. The van der Waals surface area contributed by atoms with Crippen LogP contribution in [-0.2, 0) is 0 Å². The van der Waals surface area contributed by atoms with E-state index >= 15 is 0 Å². The van der Waals surface area contributed by atoms with Gasteiger partial charge in [0.15, 0.2) is 0 Å². The molecule has 0 aliphatic carbocycles. The lowest BCUT2D eigenvalue weighted by atomic mass is 10.1. The number of piperidine rings is 1. The zero-order valence-electron chi connectivity index (χ0n) is 11.7. The average molecular weight is 224 g/mol. The molecular weight excluding hydrogens is 196 g/mol. The molecule has 2 nitrogen and oxygen atoms in total. The standard InChI is InChI=1S/C12H22N2.C2H6/c1-4-11(2)10-13-12(3)14-8-6-5-7-9-14;1-2/h4,10,12H,5-9H2,1-3H3;1-2H3/b11-4-,13-10-;. The fraction of sp³-hybridized carbons (Fsp3) is 0.786. The minimum atomic E-state index is 0.352. The first kappa shape index (κ1) is 15.4. The second kappa shape index (κ2) is 9.59. The summed E-state index contributed by atoms with van der Waals surface area (Å²) in [5, 5.41) is 0. The van der Waals surface area contributed by atoms with Crippen LogP contribution in [0.3, 0.4) is 0 Å². The van der Waals surface area contributed by atoms with Crippen LogP contribution in [0.2, 0.25) is 0 Å². The molecule has 0 N–H and O–H groups in total. The monoisotopic (exact) mass is 224 g/mol. The third-order valence-corrected chi connectivity index (χ3v) is 2.87. The zero-order chi connectivity index (χ0) is 12.4. The van der Waals surface area contributed by atoms with E-state index in [2.05, 4.69) is 29.8 Å². The van der Waals surface area contributed by atoms with Crippen molar-refractivity contribution >= 4 is 6.21 Å². The van der Waals surface area contributed by atoms with Crippen molar-refractivity contribution in [3.8, 4) is 0 Å². The molecule has 0 aromatic rings. The lowest BCUT2D eigenvalue weighted by Crippen LogP contribution is -2.36. The van der Waals surface area contributed by atoms with Crippen LogP contribution in [0.4, 0.5) is 0 Å². The Kier molecular flexibility index (Phi) is 9.21. The van der Waals surface area contributed by atoms with Crippen molar-refractivity contribution in [2.24, 2.45) is 4.99 Å². The number of nitrogens with zero attached hydrogens (tertiary/aromatic N) is 2. The summed E-state index contributed by atoms with van der Waals surface area (Å²) in [7, 11) is 0. The van der Waals surface area contributed by atoms with E-state index in [9.17, 15) is 0 Å². The largest absolute Gasteiger partial charge is 0.282 e. The molecule has 0 radical (unpaired) electrons. The van der Waals surface area contributed by atoms with Crippen LogP contribution in [-0.4, -0.2) is 30.4 Å². The fourth-order valence-corrected chi connectivity index (χ4v) is 1.69. The van der Waals surface area contributed by atoms with Crippen LogP contribution in [0.25, 0.3) is 0 Å². The molecule has 0 amide bonds. The molecule has 1 fully saturated rings. The molecule has 0 aromatic heterocycles. The highest BCUT2D eigenvalue weighted by Crippen LogP contribution is 2.12. The Morgan fingerprint density at radius 3 is 2.25 bits per heavy atom. The highest BCUT2D eigenvalue weighted by molar-refractivity contribution is 5.77. The van der Waals surface area contributed by atoms with Crippen molar-refractivity contribution in [1.82, 2.24) is 4.90 Å². The molecule has 94 valence electrons. The number of hydrogen-bond acceptors (Lipinski definition) is 2. The van der Waals surface area contributed by atoms with Crippen LogP contribution >= 0.6 is 0 Å². The van der Waals surface area contributed by atoms with Crippen molar-refractivity contribution in [2.75, 3.05) is 13.1 Å². The molecule has 1 rings (SSSR count). The normalized spacial score (nSPS) is 20.4. The Morgan fingerprint density at radius 1 is 1.19 bits per heavy atom. The second-order valence-electron chi connectivity index (χ2n) is 4.04. The van der Waals surface area contributed by atoms with Crippen molar-refractivity contribution in [1.29, 1.82) is 0 Å². The number of aliphatic imine (C=N–C) groups is 1. The lowest BCUT2D eigenvalue weighted by molar-refractivity contribution is 0.179. The summed E-state index contributed by atoms with van der Waals surface area (Å²) in [5.74, 6) is 0. The van der Waals surface area contributed by atoms with Gasteiger partial charge in [0.05, 0.1) is 6.17 Å². The lowest BCUT2D eigenvalue weighted by Gasteiger charge is -2.29. The Morgan fingerprint density at radius 2 is 1.75 bits per heavy atom. The third kappa shape index (κ3) is 6.06. The van der Waals surface area contributed by atoms with E-state index in [1.165, 1.54) is 37.9 Å². The van der Waals surface area contributed by atoms with Crippen molar-refractivity contribution in [3.05, 3.63) is 11.6 Å². The van der Waals surface area contributed by atoms with E-state index in [1.807, 2.05) is 27.0 Å². The van der Waals surface area contributed by atoms with Gasteiger partial charge in [-0.15, -0.1) is 0 Å². The maximum Gasteiger partial charge on any atom is 0.0990 e. The summed E-state index contributed by atoms with van der Waals surface area (Å²) in [5.41, 5.74) is 1.24. The van der Waals surface area contributed by atoms with Gasteiger partial charge in [-0.2, -0.15) is 0 Å². The van der Waals surface area contributed by atoms with E-state index in [1.54, 1.807) is 0 Å². The van der Waals surface area contributed by atoms with Crippen LogP contribution < -0.4 is 0 Å². The SMILES string of the molecule is C/C=C(C)\C=N/C(C)N1CCCCC1.CC. The maximum absolute atomic E-state index is 4.55. The molecule has 1 unspecified atom stereocenters. The Labute approximate surface area is 101 Å². The molecule has 1 aliphatic rings. The van der Waals surface area contributed by atoms with Crippen LogP contribution in [0.5, 0.6) is 0 Å². The van der Waals surface area contributed by atoms with E-state index in [0.29, 0.717) is 6.17 Å². The van der Waals surface area contributed by atoms with Gasteiger partial charge in [-0.05, 0) is 39.2 Å². The van der Waals surface area contributed by atoms with Crippen molar-refractivity contribution in [3.63, 3.8) is 0 Å². The van der Waals surface area contributed by atoms with Gasteiger partial charge in [0, 0.05) is 19.3 Å². The first-order valence-electron chi connectivity index (χ1n) is 6.64. The molecule has 1 heterocycles. The van der Waals surface area contributed by atoms with Crippen molar-refractivity contribution in [2.45, 2.75) is 60.0 Å². The van der Waals surface area contributed by atoms with E-state index in [-0.39, 0.29) is 0 Å². The quantitative estimate of drug-likeness (QED) is 0.664. The molecule has 2 heteroatoms. The predicted octanol–water partition coefficient (Wildman–Crippen LogP) is 3.88. The Balaban J connectivity index is 0.00000106. The fourth-order valence-electron chi connectivity index (χ4n) is 1.69. The minimum Gasteiger partial charge on any atom is -0.282 e. The van der Waals surface area contributed by atoms with Crippen molar-refractivity contribution < 1.29 is 0 Å². The zero-order valence-corrected chi connectivity index (χ0v) is 11.7. The van der Waals surface area contributed by atoms with Crippen LogP contribution in [0.1, 0.15) is 53.9 Å². The summed E-state index contributed by atoms with van der Waals surface area (Å²) >= 11 is 0. The molecule has 0 spiro atoms. The van der Waals surface area contributed by atoms with E-state index in [4.69, 9.17) is 0 Å². The van der Waals surface area contributed by atoms with Gasteiger partial charge in [0.1, 0.15) is 0 Å². The third-order valence-electron chi connectivity index (χ3n) is 2.87. The molecule has 16 heavy (non-hydrogen) atoms. The van der Waals surface area contributed by atoms with Gasteiger partial charge in [-0.3, -0.25) is 9.89 Å². The summed E-state index contributed by atoms with van der Waals surface area (Å²) in [6.45, 7) is 12.8. The summed E-state index contributed by atoms with van der Waals surface area (Å²) < 4.78 is 0. The van der Waals surface area contributed by atoms with Gasteiger partial charge in [0.2, 0.25) is 0 Å². The van der Waals surface area contributed by atoms with Gasteiger partial charge in [-0.25, -0.2) is 0 Å². The summed E-state index contributed by atoms with van der Waals surface area (Å²) in [6, 6.07) is 0. The second-order valence-corrected chi connectivity index (χ2v) is 4.04. The highest BCUT2D eigenvalue weighted by atomic mass is 15.2. The topological polar surface area (TPSA) is 15.6 Å². The van der Waals surface area contributed by atoms with Gasteiger partial charge >= 0.3 is 0 Å². The number of allylic oxidation sites excluding steroid dienone is 2. The number of likely N-dealkylation sites (tertiary alicyclic amines) is 1. The summed E-state index contributed by atoms with van der Waals surface area (Å²) in [4.78, 5) is 7.01. The van der Waals surface area contributed by atoms with Gasteiger partial charge in [0.25, 0.3) is 0 Å². The minimum absolute atomic E-state index is 0.352. The Hall–Kier alpha value is -0.630. The molecular formula is C14H28N2. The first-order valence-corrected chi connectivity index (χ1v) is 6.64. The highest BCUT2D eigenvalue weighted by Gasteiger charge is 2.14. The molecule has 1 aliphatic heterocycles. The Bertz CT molecular complexity index is 213. The smallest absolute Gasteiger partial charge is 0.0990 e. The van der Waals surface area contributed by atoms with Crippen LogP contribution in [0.15, 0.2) is 16.6 Å². The molecule has 0 saturated carbocycles. The predicted molar refractivity (Wildman–Crippen MR) is 74.2 cm³/mol. The number of hydrogen-bond donors (Lipinski definition) is 0. The summed E-state index contributed by atoms with van der Waals surface area (Å²) in [6.07, 6.45) is 8.49. The number of rotatable bonds is 3. The molecule has 1 atom stereocenters. The van der Waals surface area contributed by atoms with E-state index in [0.717, 1.165) is 0 Å². The molecule has 1 saturated heterocycles. The first-order chi connectivity index (χ1) is 7.74. The van der Waals surface area contributed by atoms with E-state index < -0.39 is 0 Å². The van der Waals surface area contributed by atoms with Gasteiger partial charge in [-0.1, -0.05) is 26.3 Å². The maximum atomic E-state index is 4.55. The van der Waals surface area contributed by atoms with Gasteiger partial charge < -0.3 is 0 Å². The van der Waals surface area contributed by atoms with Crippen LogP contribution in [0, 0.1) is 0 Å². The molecule has 0 aromatic carbocycles.